The Labute approximate surface area is 163 Å². The summed E-state index contributed by atoms with van der Waals surface area (Å²) in [5.41, 5.74) is 0.796. The summed E-state index contributed by atoms with van der Waals surface area (Å²) in [6.07, 6.45) is 0. The van der Waals surface area contributed by atoms with Crippen LogP contribution in [0.3, 0.4) is 0 Å². The van der Waals surface area contributed by atoms with Crippen LogP contribution in [0.15, 0.2) is 29.1 Å². The third kappa shape index (κ3) is 3.77. The number of aryl methyl sites for hydroxylation is 1. The highest BCUT2D eigenvalue weighted by Crippen LogP contribution is 2.27. The minimum Gasteiger partial charge on any atom is -0.462 e. The Morgan fingerprint density at radius 3 is 2.57 bits per heavy atom. The van der Waals surface area contributed by atoms with E-state index in [9.17, 15) is 14.4 Å². The van der Waals surface area contributed by atoms with E-state index in [0.717, 1.165) is 11.3 Å². The molecule has 0 aliphatic carbocycles. The monoisotopic (exact) mass is 397 g/mol. The van der Waals surface area contributed by atoms with E-state index in [1.54, 1.807) is 13.8 Å². The van der Waals surface area contributed by atoms with Gasteiger partial charge in [-0.1, -0.05) is 0 Å². The van der Waals surface area contributed by atoms with Gasteiger partial charge in [0.2, 0.25) is 0 Å². The van der Waals surface area contributed by atoms with E-state index in [1.165, 1.54) is 24.3 Å². The number of benzene rings is 1. The first-order chi connectivity index (χ1) is 13.4. The van der Waals surface area contributed by atoms with Crippen LogP contribution in [-0.4, -0.2) is 28.5 Å². The van der Waals surface area contributed by atoms with E-state index in [-0.39, 0.29) is 24.6 Å². The van der Waals surface area contributed by atoms with Gasteiger partial charge in [0, 0.05) is 0 Å². The number of fused-ring (bicyclic) bond motifs is 1. The number of esters is 2. The van der Waals surface area contributed by atoms with Gasteiger partial charge < -0.3 is 14.5 Å². The van der Waals surface area contributed by atoms with Gasteiger partial charge in [0.1, 0.15) is 22.1 Å². The SMILES string of the molecule is CCOC(=O)c1sc2nc(COC(=O)c3ccc(C#N)cc3)[nH]c(=O)c2c1C. The topological polar surface area (TPSA) is 122 Å². The molecule has 2 heterocycles. The molecule has 28 heavy (non-hydrogen) atoms. The van der Waals surface area contributed by atoms with Crippen LogP contribution >= 0.6 is 11.3 Å². The summed E-state index contributed by atoms with van der Waals surface area (Å²) in [4.78, 5) is 44.0. The molecule has 2 aromatic heterocycles. The minimum atomic E-state index is -0.609. The number of hydrogen-bond donors (Lipinski definition) is 1. The molecule has 142 valence electrons. The minimum absolute atomic E-state index is 0.163. The number of aromatic nitrogens is 2. The summed E-state index contributed by atoms with van der Waals surface area (Å²) in [7, 11) is 0. The van der Waals surface area contributed by atoms with Gasteiger partial charge >= 0.3 is 11.9 Å². The van der Waals surface area contributed by atoms with Crippen LogP contribution in [0.4, 0.5) is 0 Å². The molecule has 1 aromatic carbocycles. The van der Waals surface area contributed by atoms with Gasteiger partial charge in [-0.15, -0.1) is 11.3 Å². The lowest BCUT2D eigenvalue weighted by Gasteiger charge is -2.04. The lowest BCUT2D eigenvalue weighted by atomic mass is 10.1. The third-order valence-electron chi connectivity index (χ3n) is 3.90. The normalized spacial score (nSPS) is 10.5. The number of nitrogens with zero attached hydrogens (tertiary/aromatic N) is 2. The van der Waals surface area contributed by atoms with Crippen LogP contribution in [0, 0.1) is 18.3 Å². The van der Waals surface area contributed by atoms with Crippen LogP contribution in [0.2, 0.25) is 0 Å². The quantitative estimate of drug-likeness (QED) is 0.657. The summed E-state index contributed by atoms with van der Waals surface area (Å²) in [6.45, 7) is 3.35. The van der Waals surface area contributed by atoms with Crippen molar-refractivity contribution in [2.24, 2.45) is 0 Å². The van der Waals surface area contributed by atoms with E-state index in [2.05, 4.69) is 9.97 Å². The van der Waals surface area contributed by atoms with Crippen LogP contribution < -0.4 is 5.56 Å². The van der Waals surface area contributed by atoms with E-state index in [0.29, 0.717) is 26.2 Å². The zero-order valence-electron chi connectivity index (χ0n) is 15.1. The van der Waals surface area contributed by atoms with Crippen LogP contribution in [-0.2, 0) is 16.1 Å². The summed E-state index contributed by atoms with van der Waals surface area (Å²) in [5.74, 6) is -0.950. The maximum Gasteiger partial charge on any atom is 0.348 e. The first-order valence-corrected chi connectivity index (χ1v) is 9.13. The fourth-order valence-corrected chi connectivity index (χ4v) is 3.64. The smallest absolute Gasteiger partial charge is 0.348 e. The van der Waals surface area contributed by atoms with Gasteiger partial charge in [-0.3, -0.25) is 4.79 Å². The first-order valence-electron chi connectivity index (χ1n) is 8.31. The Balaban J connectivity index is 1.82. The van der Waals surface area contributed by atoms with Gasteiger partial charge in [0.15, 0.2) is 0 Å². The van der Waals surface area contributed by atoms with E-state index >= 15 is 0 Å². The molecule has 0 aliphatic rings. The average Bonchev–Trinajstić information content (AvgIpc) is 3.03. The second-order valence-corrected chi connectivity index (χ2v) is 6.73. The predicted molar refractivity (Wildman–Crippen MR) is 101 cm³/mol. The second kappa shape index (κ2) is 8.02. The highest BCUT2D eigenvalue weighted by Gasteiger charge is 2.20. The maximum absolute atomic E-state index is 12.4. The number of nitriles is 1. The molecule has 0 fully saturated rings. The van der Waals surface area contributed by atoms with Crippen molar-refractivity contribution in [3.63, 3.8) is 0 Å². The highest BCUT2D eigenvalue weighted by atomic mass is 32.1. The lowest BCUT2D eigenvalue weighted by Crippen LogP contribution is -2.14. The molecule has 9 heteroatoms. The number of aromatic amines is 1. The molecule has 0 amide bonds. The van der Waals surface area contributed by atoms with E-state index < -0.39 is 17.5 Å². The van der Waals surface area contributed by atoms with Gasteiger partial charge in [0.25, 0.3) is 5.56 Å². The van der Waals surface area contributed by atoms with Gasteiger partial charge in [-0.2, -0.15) is 5.26 Å². The molecule has 3 aromatic rings. The van der Waals surface area contributed by atoms with Crippen molar-refractivity contribution in [1.82, 2.24) is 9.97 Å². The van der Waals surface area contributed by atoms with Gasteiger partial charge in [-0.25, -0.2) is 14.6 Å². The summed E-state index contributed by atoms with van der Waals surface area (Å²) < 4.78 is 10.2. The Kier molecular flexibility index (Phi) is 5.52. The number of carbonyl (C=O) groups is 2. The Bertz CT molecular complexity index is 1160. The van der Waals surface area contributed by atoms with Crippen molar-refractivity contribution in [3.05, 3.63) is 62.0 Å². The Morgan fingerprint density at radius 1 is 1.21 bits per heavy atom. The summed E-state index contributed by atoms with van der Waals surface area (Å²) >= 11 is 1.06. The summed E-state index contributed by atoms with van der Waals surface area (Å²) in [5, 5.41) is 9.10. The zero-order valence-corrected chi connectivity index (χ0v) is 15.9. The molecule has 1 N–H and O–H groups in total. The fraction of sp³-hybridized carbons (Fsp3) is 0.211. The van der Waals surface area contributed by atoms with Crippen molar-refractivity contribution >= 4 is 33.5 Å². The molecule has 0 radical (unpaired) electrons. The molecular weight excluding hydrogens is 382 g/mol. The fourth-order valence-electron chi connectivity index (χ4n) is 2.55. The van der Waals surface area contributed by atoms with Crippen LogP contribution in [0.5, 0.6) is 0 Å². The standard InChI is InChI=1S/C19H15N3O5S/c1-3-26-19(25)15-10(2)14-16(23)21-13(22-17(14)28-15)9-27-18(24)12-6-4-11(8-20)5-7-12/h4-7H,3,9H2,1-2H3,(H,21,22,23). The molecule has 3 rings (SSSR count). The van der Waals surface area contributed by atoms with Crippen molar-refractivity contribution in [3.8, 4) is 6.07 Å². The number of H-pyrrole nitrogens is 1. The number of rotatable bonds is 5. The molecule has 0 aliphatic heterocycles. The largest absolute Gasteiger partial charge is 0.462 e. The van der Waals surface area contributed by atoms with Crippen LogP contribution in [0.1, 0.15) is 43.9 Å². The number of nitrogens with one attached hydrogen (secondary N) is 1. The number of thiophene rings is 1. The lowest BCUT2D eigenvalue weighted by molar-refractivity contribution is 0.0461. The Morgan fingerprint density at radius 2 is 1.93 bits per heavy atom. The Hall–Kier alpha value is -3.51. The molecular formula is C19H15N3O5S. The molecule has 0 saturated carbocycles. The third-order valence-corrected chi connectivity index (χ3v) is 5.07. The maximum atomic E-state index is 12.4. The van der Waals surface area contributed by atoms with Gasteiger partial charge in [0.05, 0.1) is 29.2 Å². The number of ether oxygens (including phenoxy) is 2. The number of carbonyl (C=O) groups excluding carboxylic acids is 2. The highest BCUT2D eigenvalue weighted by molar-refractivity contribution is 7.20. The predicted octanol–water partition coefficient (Wildman–Crippen LogP) is 2.70. The first kappa shape index (κ1) is 19.3. The number of hydrogen-bond acceptors (Lipinski definition) is 8. The molecule has 0 saturated heterocycles. The van der Waals surface area contributed by atoms with E-state index in [1.807, 2.05) is 6.07 Å². The van der Waals surface area contributed by atoms with E-state index in [4.69, 9.17) is 14.7 Å². The second-order valence-electron chi connectivity index (χ2n) is 5.73. The van der Waals surface area contributed by atoms with Crippen LogP contribution in [0.25, 0.3) is 10.2 Å². The molecule has 0 unspecified atom stereocenters. The molecule has 0 spiro atoms. The van der Waals surface area contributed by atoms with Crippen molar-refractivity contribution < 1.29 is 19.1 Å². The molecule has 0 bridgehead atoms. The zero-order chi connectivity index (χ0) is 20.3. The van der Waals surface area contributed by atoms with Crippen molar-refractivity contribution in [2.45, 2.75) is 20.5 Å². The van der Waals surface area contributed by atoms with Crippen molar-refractivity contribution in [2.75, 3.05) is 6.61 Å². The molecule has 0 atom stereocenters. The van der Waals surface area contributed by atoms with Gasteiger partial charge in [-0.05, 0) is 43.7 Å². The summed E-state index contributed by atoms with van der Waals surface area (Å²) in [6, 6.07) is 7.94. The van der Waals surface area contributed by atoms with Crippen molar-refractivity contribution in [1.29, 1.82) is 5.26 Å². The average molecular weight is 397 g/mol. The molecule has 8 nitrogen and oxygen atoms in total.